The Labute approximate surface area is 83.7 Å². The minimum atomic E-state index is -0.272. The van der Waals surface area contributed by atoms with E-state index >= 15 is 0 Å². The minimum Gasteiger partial charge on any atom is -0.469 e. The van der Waals surface area contributed by atoms with Crippen molar-refractivity contribution in [3.8, 4) is 0 Å². The molecule has 1 unspecified atom stereocenters. The van der Waals surface area contributed by atoms with Gasteiger partial charge in [0.1, 0.15) is 0 Å². The molecule has 0 bridgehead atoms. The molecule has 0 amide bonds. The van der Waals surface area contributed by atoms with Crippen molar-refractivity contribution in [1.29, 1.82) is 0 Å². The van der Waals surface area contributed by atoms with Gasteiger partial charge in [0.2, 0.25) is 0 Å². The Balaban J connectivity index is 3.01. The Hall–Kier alpha value is -1.32. The Morgan fingerprint density at radius 3 is 2.57 bits per heavy atom. The van der Waals surface area contributed by atoms with E-state index in [-0.39, 0.29) is 17.3 Å². The first kappa shape index (κ1) is 10.8. The predicted octanol–water partition coefficient (Wildman–Crippen LogP) is 1.71. The van der Waals surface area contributed by atoms with Crippen LogP contribution in [-0.4, -0.2) is 23.3 Å². The number of ether oxygens (including phenoxy) is 1. The second kappa shape index (κ2) is 3.82. The highest BCUT2D eigenvalue weighted by Gasteiger charge is 2.34. The van der Waals surface area contributed by atoms with E-state index in [9.17, 15) is 4.79 Å². The number of esters is 1. The molecular weight excluding hydrogens is 180 g/mol. The van der Waals surface area contributed by atoms with Crippen molar-refractivity contribution >= 4 is 5.97 Å². The number of carbonyl (C=O) groups excluding carboxylic acids is 1. The van der Waals surface area contributed by atoms with E-state index in [4.69, 9.17) is 4.74 Å². The smallest absolute Gasteiger partial charge is 0.313 e. The fraction of sp³-hybridized carbons (Fsp3) is 0.600. The molecule has 1 N–H and O–H groups in total. The van der Waals surface area contributed by atoms with E-state index in [0.29, 0.717) is 0 Å². The molecule has 4 heteroatoms. The van der Waals surface area contributed by atoms with Crippen molar-refractivity contribution in [2.75, 3.05) is 7.11 Å². The molecule has 0 aliphatic heterocycles. The van der Waals surface area contributed by atoms with Crippen molar-refractivity contribution in [3.05, 3.63) is 18.0 Å². The molecule has 1 rings (SSSR count). The molecule has 1 aromatic heterocycles. The van der Waals surface area contributed by atoms with Gasteiger partial charge in [-0.1, -0.05) is 20.8 Å². The van der Waals surface area contributed by atoms with E-state index in [1.54, 1.807) is 12.4 Å². The number of aromatic nitrogens is 2. The molecule has 14 heavy (non-hydrogen) atoms. The van der Waals surface area contributed by atoms with Gasteiger partial charge < -0.3 is 4.74 Å². The van der Waals surface area contributed by atoms with Crippen LogP contribution in [0.5, 0.6) is 0 Å². The van der Waals surface area contributed by atoms with Gasteiger partial charge in [-0.05, 0) is 5.41 Å². The minimum absolute atomic E-state index is 0.170. The summed E-state index contributed by atoms with van der Waals surface area (Å²) in [6.07, 6.45) is 3.39. The number of methoxy groups -OCH3 is 1. The second-order valence-electron chi connectivity index (χ2n) is 4.35. The fourth-order valence-electron chi connectivity index (χ4n) is 1.53. The summed E-state index contributed by atoms with van der Waals surface area (Å²) in [5.41, 5.74) is 0.695. The highest BCUT2D eigenvalue weighted by Crippen LogP contribution is 2.35. The highest BCUT2D eigenvalue weighted by molar-refractivity contribution is 5.78. The molecule has 0 aromatic carbocycles. The van der Waals surface area contributed by atoms with Crippen LogP contribution in [0.4, 0.5) is 0 Å². The highest BCUT2D eigenvalue weighted by atomic mass is 16.5. The van der Waals surface area contributed by atoms with Crippen molar-refractivity contribution in [3.63, 3.8) is 0 Å². The second-order valence-corrected chi connectivity index (χ2v) is 4.35. The topological polar surface area (TPSA) is 55.0 Å². The molecule has 1 aromatic rings. The monoisotopic (exact) mass is 196 g/mol. The number of nitrogens with zero attached hydrogens (tertiary/aromatic N) is 1. The SMILES string of the molecule is COC(=O)C(c1cn[nH]c1)C(C)(C)C. The van der Waals surface area contributed by atoms with Gasteiger partial charge in [-0.3, -0.25) is 9.89 Å². The molecule has 0 aliphatic carbocycles. The van der Waals surface area contributed by atoms with Crippen LogP contribution < -0.4 is 0 Å². The number of H-pyrrole nitrogens is 1. The third kappa shape index (κ3) is 2.13. The zero-order valence-electron chi connectivity index (χ0n) is 9.00. The summed E-state index contributed by atoms with van der Waals surface area (Å²) in [5.74, 6) is -0.495. The summed E-state index contributed by atoms with van der Waals surface area (Å²) < 4.78 is 4.78. The van der Waals surface area contributed by atoms with E-state index in [1.165, 1.54) is 7.11 Å². The summed E-state index contributed by atoms with van der Waals surface area (Å²) in [6, 6.07) is 0. The van der Waals surface area contributed by atoms with Crippen molar-refractivity contribution < 1.29 is 9.53 Å². The first-order valence-corrected chi connectivity index (χ1v) is 4.53. The molecule has 0 spiro atoms. The Bertz CT molecular complexity index is 298. The van der Waals surface area contributed by atoms with Crippen LogP contribution in [0.1, 0.15) is 32.3 Å². The fourth-order valence-corrected chi connectivity index (χ4v) is 1.53. The lowest BCUT2D eigenvalue weighted by Gasteiger charge is -2.27. The lowest BCUT2D eigenvalue weighted by Crippen LogP contribution is -2.27. The molecular formula is C10H16N2O2. The third-order valence-electron chi connectivity index (χ3n) is 2.16. The molecule has 4 nitrogen and oxygen atoms in total. The van der Waals surface area contributed by atoms with E-state index in [1.807, 2.05) is 20.8 Å². The van der Waals surface area contributed by atoms with Crippen LogP contribution in [0.25, 0.3) is 0 Å². The molecule has 0 radical (unpaired) electrons. The largest absolute Gasteiger partial charge is 0.469 e. The van der Waals surface area contributed by atoms with Gasteiger partial charge in [0, 0.05) is 11.8 Å². The number of aromatic amines is 1. The van der Waals surface area contributed by atoms with Crippen LogP contribution >= 0.6 is 0 Å². The summed E-state index contributed by atoms with van der Waals surface area (Å²) in [7, 11) is 1.40. The standard InChI is InChI=1S/C10H16N2O2/c1-10(2,3)8(9(13)14-4)7-5-11-12-6-7/h5-6,8H,1-4H3,(H,11,12). The molecule has 1 heterocycles. The Morgan fingerprint density at radius 2 is 2.21 bits per heavy atom. The Kier molecular flexibility index (Phi) is 2.93. The zero-order chi connectivity index (χ0) is 10.8. The van der Waals surface area contributed by atoms with Crippen molar-refractivity contribution in [2.45, 2.75) is 26.7 Å². The van der Waals surface area contributed by atoms with Gasteiger partial charge in [-0.25, -0.2) is 0 Å². The third-order valence-corrected chi connectivity index (χ3v) is 2.16. The van der Waals surface area contributed by atoms with Crippen molar-refractivity contribution in [1.82, 2.24) is 10.2 Å². The summed E-state index contributed by atoms with van der Waals surface area (Å²) >= 11 is 0. The van der Waals surface area contributed by atoms with Gasteiger partial charge in [-0.15, -0.1) is 0 Å². The average Bonchev–Trinajstić information content (AvgIpc) is 2.54. The van der Waals surface area contributed by atoms with Gasteiger partial charge in [-0.2, -0.15) is 5.10 Å². The van der Waals surface area contributed by atoms with Crippen LogP contribution in [0.3, 0.4) is 0 Å². The number of carbonyl (C=O) groups is 1. The predicted molar refractivity (Wildman–Crippen MR) is 52.8 cm³/mol. The maximum atomic E-state index is 11.6. The van der Waals surface area contributed by atoms with E-state index in [0.717, 1.165) is 5.56 Å². The van der Waals surface area contributed by atoms with Gasteiger partial charge in [0.05, 0.1) is 19.2 Å². The molecule has 0 saturated heterocycles. The summed E-state index contributed by atoms with van der Waals surface area (Å²) in [6.45, 7) is 6.00. The van der Waals surface area contributed by atoms with E-state index in [2.05, 4.69) is 10.2 Å². The van der Waals surface area contributed by atoms with E-state index < -0.39 is 0 Å². The number of rotatable bonds is 2. The number of hydrogen-bond acceptors (Lipinski definition) is 3. The van der Waals surface area contributed by atoms with Gasteiger partial charge in [0.25, 0.3) is 0 Å². The normalized spacial score (nSPS) is 13.7. The zero-order valence-corrected chi connectivity index (χ0v) is 9.00. The Morgan fingerprint density at radius 1 is 1.57 bits per heavy atom. The maximum Gasteiger partial charge on any atom is 0.313 e. The number of hydrogen-bond donors (Lipinski definition) is 1. The quantitative estimate of drug-likeness (QED) is 0.732. The van der Waals surface area contributed by atoms with Crippen LogP contribution in [0.15, 0.2) is 12.4 Å². The average molecular weight is 196 g/mol. The summed E-state index contributed by atoms with van der Waals surface area (Å²) in [4.78, 5) is 11.6. The lowest BCUT2D eigenvalue weighted by atomic mass is 9.77. The van der Waals surface area contributed by atoms with Crippen molar-refractivity contribution in [2.24, 2.45) is 5.41 Å². The molecule has 0 aliphatic rings. The molecule has 78 valence electrons. The lowest BCUT2D eigenvalue weighted by molar-refractivity contribution is -0.145. The molecule has 0 fully saturated rings. The number of nitrogens with one attached hydrogen (secondary N) is 1. The van der Waals surface area contributed by atoms with Crippen LogP contribution in [-0.2, 0) is 9.53 Å². The summed E-state index contributed by atoms with van der Waals surface area (Å²) in [5, 5.41) is 6.54. The maximum absolute atomic E-state index is 11.6. The molecule has 0 saturated carbocycles. The van der Waals surface area contributed by atoms with Crippen LogP contribution in [0.2, 0.25) is 0 Å². The van der Waals surface area contributed by atoms with Crippen LogP contribution in [0, 0.1) is 5.41 Å². The van der Waals surface area contributed by atoms with Gasteiger partial charge in [0.15, 0.2) is 0 Å². The van der Waals surface area contributed by atoms with Gasteiger partial charge >= 0.3 is 5.97 Å². The first-order chi connectivity index (χ1) is 6.46. The first-order valence-electron chi connectivity index (χ1n) is 4.53. The molecule has 1 atom stereocenters.